The van der Waals surface area contributed by atoms with Crippen LogP contribution in [-0.2, 0) is 11.3 Å². The lowest BCUT2D eigenvalue weighted by Crippen LogP contribution is -2.19. The number of imidazole rings is 1. The number of carbonyl (C=O) groups excluding carboxylic acids is 1. The molecule has 0 radical (unpaired) electrons. The van der Waals surface area contributed by atoms with Crippen molar-refractivity contribution < 1.29 is 4.79 Å². The van der Waals surface area contributed by atoms with E-state index in [1.54, 1.807) is 6.20 Å². The number of aromatic nitrogens is 2. The van der Waals surface area contributed by atoms with Crippen LogP contribution in [0.2, 0.25) is 0 Å². The van der Waals surface area contributed by atoms with Gasteiger partial charge in [-0.25, -0.2) is 4.98 Å². The molecule has 0 aromatic carbocycles. The normalized spacial score (nSPS) is 21.6. The molecule has 1 aromatic heterocycles. The highest BCUT2D eigenvalue weighted by Gasteiger charge is 2.27. The van der Waals surface area contributed by atoms with Crippen molar-refractivity contribution in [3.8, 4) is 0 Å². The minimum atomic E-state index is -0.269. The topological polar surface area (TPSA) is 60.9 Å². The van der Waals surface area contributed by atoms with Gasteiger partial charge < -0.3 is 10.3 Å². The van der Waals surface area contributed by atoms with Crippen molar-refractivity contribution in [2.75, 3.05) is 0 Å². The highest BCUT2D eigenvalue weighted by Crippen LogP contribution is 2.25. The minimum absolute atomic E-state index is 0.162. The van der Waals surface area contributed by atoms with E-state index in [0.29, 0.717) is 0 Å². The Hall–Kier alpha value is -1.32. The van der Waals surface area contributed by atoms with Gasteiger partial charge in [-0.1, -0.05) is 0 Å². The molecule has 11 heavy (non-hydrogen) atoms. The molecule has 0 aliphatic carbocycles. The summed E-state index contributed by atoms with van der Waals surface area (Å²) in [5, 5.41) is 0. The first-order valence-corrected chi connectivity index (χ1v) is 3.59. The highest BCUT2D eigenvalue weighted by atomic mass is 16.1. The van der Waals surface area contributed by atoms with Crippen LogP contribution in [0.5, 0.6) is 0 Å². The second kappa shape index (κ2) is 2.08. The fraction of sp³-hybridized carbons (Fsp3) is 0.429. The van der Waals surface area contributed by atoms with Crippen molar-refractivity contribution in [2.45, 2.75) is 18.9 Å². The Kier molecular flexibility index (Phi) is 1.21. The third kappa shape index (κ3) is 0.824. The van der Waals surface area contributed by atoms with Crippen LogP contribution in [0.25, 0.3) is 0 Å². The number of carbonyl (C=O) groups is 1. The van der Waals surface area contributed by atoms with Gasteiger partial charge in [-0.3, -0.25) is 4.79 Å². The summed E-state index contributed by atoms with van der Waals surface area (Å²) in [7, 11) is 0. The molecule has 0 fully saturated rings. The summed E-state index contributed by atoms with van der Waals surface area (Å²) in [4.78, 5) is 14.9. The highest BCUT2D eigenvalue weighted by molar-refractivity contribution is 5.81. The summed E-state index contributed by atoms with van der Waals surface area (Å²) in [6.45, 7) is 0.864. The molecule has 0 saturated carbocycles. The fourth-order valence-electron chi connectivity index (χ4n) is 1.49. The van der Waals surface area contributed by atoms with E-state index < -0.39 is 0 Å². The maximum atomic E-state index is 10.8. The van der Waals surface area contributed by atoms with Gasteiger partial charge in [0.25, 0.3) is 0 Å². The van der Waals surface area contributed by atoms with E-state index in [0.717, 1.165) is 18.8 Å². The smallest absolute Gasteiger partial charge is 0.228 e. The quantitative estimate of drug-likeness (QED) is 0.607. The standard InChI is InChI=1S/C7H9N3O/c8-6(11)5-1-3-10-4-2-9-7(5)10/h2,4-5H,1,3H2,(H2,8,11)/t5-/m1/s1. The molecule has 0 unspecified atom stereocenters. The van der Waals surface area contributed by atoms with Gasteiger partial charge in [0.05, 0.1) is 5.92 Å². The van der Waals surface area contributed by atoms with Gasteiger partial charge >= 0.3 is 0 Å². The van der Waals surface area contributed by atoms with E-state index in [1.165, 1.54) is 0 Å². The molecule has 1 aliphatic heterocycles. The maximum absolute atomic E-state index is 10.8. The van der Waals surface area contributed by atoms with Gasteiger partial charge in [0, 0.05) is 18.9 Å². The van der Waals surface area contributed by atoms with Crippen LogP contribution in [0.3, 0.4) is 0 Å². The summed E-state index contributed by atoms with van der Waals surface area (Å²) in [5.41, 5.74) is 5.18. The van der Waals surface area contributed by atoms with Gasteiger partial charge in [-0.15, -0.1) is 0 Å². The molecule has 1 amide bonds. The molecule has 4 heteroatoms. The zero-order valence-electron chi connectivity index (χ0n) is 6.03. The van der Waals surface area contributed by atoms with Crippen LogP contribution in [0.1, 0.15) is 18.2 Å². The molecule has 0 spiro atoms. The lowest BCUT2D eigenvalue weighted by Gasteiger charge is -1.99. The average molecular weight is 151 g/mol. The van der Waals surface area contributed by atoms with Crippen LogP contribution in [0.4, 0.5) is 0 Å². The maximum Gasteiger partial charge on any atom is 0.228 e. The summed E-state index contributed by atoms with van der Waals surface area (Å²) in [6, 6.07) is 0. The van der Waals surface area contributed by atoms with Crippen molar-refractivity contribution in [2.24, 2.45) is 5.73 Å². The Bertz CT molecular complexity index is 292. The molecular weight excluding hydrogens is 142 g/mol. The molecule has 1 aromatic rings. The third-order valence-electron chi connectivity index (χ3n) is 2.06. The van der Waals surface area contributed by atoms with Crippen LogP contribution >= 0.6 is 0 Å². The number of rotatable bonds is 1. The van der Waals surface area contributed by atoms with Crippen molar-refractivity contribution in [3.63, 3.8) is 0 Å². The van der Waals surface area contributed by atoms with E-state index in [-0.39, 0.29) is 11.8 Å². The largest absolute Gasteiger partial charge is 0.369 e. The zero-order valence-corrected chi connectivity index (χ0v) is 6.03. The molecule has 1 atom stereocenters. The molecule has 1 aliphatic rings. The third-order valence-corrected chi connectivity index (χ3v) is 2.06. The van der Waals surface area contributed by atoms with E-state index in [9.17, 15) is 4.79 Å². The molecule has 2 heterocycles. The number of primary amides is 1. The van der Waals surface area contributed by atoms with E-state index >= 15 is 0 Å². The Balaban J connectivity index is 2.38. The Labute approximate surface area is 64.0 Å². The zero-order chi connectivity index (χ0) is 7.84. The number of amides is 1. The van der Waals surface area contributed by atoms with Gasteiger partial charge in [-0.05, 0) is 6.42 Å². The minimum Gasteiger partial charge on any atom is -0.369 e. The molecule has 4 nitrogen and oxygen atoms in total. The summed E-state index contributed by atoms with van der Waals surface area (Å²) in [5.74, 6) is 0.387. The summed E-state index contributed by atoms with van der Waals surface area (Å²) >= 11 is 0. The van der Waals surface area contributed by atoms with Crippen LogP contribution in [-0.4, -0.2) is 15.5 Å². The summed E-state index contributed by atoms with van der Waals surface area (Å²) < 4.78 is 1.97. The predicted molar refractivity (Wildman–Crippen MR) is 38.8 cm³/mol. The molecule has 2 N–H and O–H groups in total. The Morgan fingerprint density at radius 2 is 2.64 bits per heavy atom. The molecule has 0 bridgehead atoms. The lowest BCUT2D eigenvalue weighted by molar-refractivity contribution is -0.119. The van der Waals surface area contributed by atoms with E-state index in [2.05, 4.69) is 4.98 Å². The monoisotopic (exact) mass is 151 g/mol. The fourth-order valence-corrected chi connectivity index (χ4v) is 1.49. The SMILES string of the molecule is NC(=O)[C@H]1CCn2ccnc21. The van der Waals surface area contributed by atoms with Crippen molar-refractivity contribution in [3.05, 3.63) is 18.2 Å². The Morgan fingerprint density at radius 1 is 1.82 bits per heavy atom. The first-order valence-electron chi connectivity index (χ1n) is 3.59. The van der Waals surface area contributed by atoms with Crippen molar-refractivity contribution >= 4 is 5.91 Å². The second-order valence-corrected chi connectivity index (χ2v) is 2.72. The number of nitrogens with zero attached hydrogens (tertiary/aromatic N) is 2. The van der Waals surface area contributed by atoms with Gasteiger partial charge in [-0.2, -0.15) is 0 Å². The van der Waals surface area contributed by atoms with Crippen LogP contribution in [0, 0.1) is 0 Å². The van der Waals surface area contributed by atoms with Crippen LogP contribution in [0.15, 0.2) is 12.4 Å². The molecule has 0 saturated heterocycles. The first-order chi connectivity index (χ1) is 5.29. The van der Waals surface area contributed by atoms with Gasteiger partial charge in [0.15, 0.2) is 0 Å². The van der Waals surface area contributed by atoms with Crippen molar-refractivity contribution in [1.29, 1.82) is 0 Å². The average Bonchev–Trinajstić information content (AvgIpc) is 2.41. The van der Waals surface area contributed by atoms with Gasteiger partial charge in [0.2, 0.25) is 5.91 Å². The van der Waals surface area contributed by atoms with E-state index in [1.807, 2.05) is 10.8 Å². The van der Waals surface area contributed by atoms with Gasteiger partial charge in [0.1, 0.15) is 5.82 Å². The lowest BCUT2D eigenvalue weighted by atomic mass is 10.1. The molecule has 2 rings (SSSR count). The number of hydrogen-bond acceptors (Lipinski definition) is 2. The number of nitrogens with two attached hydrogens (primary N) is 1. The van der Waals surface area contributed by atoms with Crippen LogP contribution < -0.4 is 5.73 Å². The number of hydrogen-bond donors (Lipinski definition) is 1. The Morgan fingerprint density at radius 3 is 3.36 bits per heavy atom. The summed E-state index contributed by atoms with van der Waals surface area (Å²) in [6.07, 6.45) is 4.38. The predicted octanol–water partition coefficient (Wildman–Crippen LogP) is -0.144. The molecular formula is C7H9N3O. The number of aryl methyl sites for hydroxylation is 1. The number of fused-ring (bicyclic) bond motifs is 1. The second-order valence-electron chi connectivity index (χ2n) is 2.72. The van der Waals surface area contributed by atoms with E-state index in [4.69, 9.17) is 5.73 Å². The molecule has 58 valence electrons. The first kappa shape index (κ1) is 6.39. The van der Waals surface area contributed by atoms with Crippen molar-refractivity contribution in [1.82, 2.24) is 9.55 Å².